The third-order valence-corrected chi connectivity index (χ3v) is 7.09. The molecular weight excluding hydrogens is 432 g/mol. The Hall–Kier alpha value is -3.56. The number of anilines is 3. The van der Waals surface area contributed by atoms with Crippen LogP contribution in [0.5, 0.6) is 0 Å². The highest BCUT2D eigenvalue weighted by Gasteiger charge is 2.26. The second kappa shape index (κ2) is 8.66. The van der Waals surface area contributed by atoms with Crippen molar-refractivity contribution in [3.63, 3.8) is 0 Å². The molecule has 3 aromatic carbocycles. The maximum atomic E-state index is 13.5. The number of carbonyl (C=O) groups excluding carboxylic acids is 1. The largest absolute Gasteiger partial charge is 0.321 e. The van der Waals surface area contributed by atoms with Crippen molar-refractivity contribution < 1.29 is 13.2 Å². The minimum atomic E-state index is -3.90. The quantitative estimate of drug-likeness (QED) is 0.463. The molecule has 7 nitrogen and oxygen atoms in total. The van der Waals surface area contributed by atoms with Crippen LogP contribution in [0.15, 0.2) is 89.8 Å². The van der Waals surface area contributed by atoms with Gasteiger partial charge < -0.3 is 5.32 Å². The highest BCUT2D eigenvalue weighted by Crippen LogP contribution is 2.32. The molecule has 0 spiro atoms. The summed E-state index contributed by atoms with van der Waals surface area (Å²) in [6, 6.07) is 23.8. The molecule has 0 fully saturated rings. The van der Waals surface area contributed by atoms with Gasteiger partial charge in [-0.3, -0.25) is 4.79 Å². The van der Waals surface area contributed by atoms with Gasteiger partial charge in [-0.1, -0.05) is 40.9 Å². The van der Waals surface area contributed by atoms with Crippen LogP contribution in [-0.2, 0) is 10.0 Å². The molecular formula is C22H18N4O3S2. The van der Waals surface area contributed by atoms with Crippen LogP contribution in [0.3, 0.4) is 0 Å². The van der Waals surface area contributed by atoms with Gasteiger partial charge in [-0.25, -0.2) is 12.7 Å². The number of para-hydroxylation sites is 2. The summed E-state index contributed by atoms with van der Waals surface area (Å²) in [4.78, 5) is 12.9. The van der Waals surface area contributed by atoms with Gasteiger partial charge in [0.25, 0.3) is 15.9 Å². The Kier molecular flexibility index (Phi) is 5.79. The zero-order valence-corrected chi connectivity index (χ0v) is 18.1. The molecule has 0 radical (unpaired) electrons. The lowest BCUT2D eigenvalue weighted by atomic mass is 10.3. The molecule has 1 heterocycles. The molecule has 9 heteroatoms. The first-order valence-corrected chi connectivity index (χ1v) is 11.5. The molecule has 0 saturated carbocycles. The van der Waals surface area contributed by atoms with Gasteiger partial charge >= 0.3 is 0 Å². The molecule has 0 bridgehead atoms. The minimum absolute atomic E-state index is 0.105. The number of amides is 1. The van der Waals surface area contributed by atoms with Crippen LogP contribution >= 0.6 is 11.5 Å². The number of sulfonamides is 1. The lowest BCUT2D eigenvalue weighted by Crippen LogP contribution is -2.26. The van der Waals surface area contributed by atoms with Gasteiger partial charge in [-0.15, -0.1) is 5.10 Å². The third kappa shape index (κ3) is 4.32. The van der Waals surface area contributed by atoms with E-state index in [2.05, 4.69) is 14.9 Å². The van der Waals surface area contributed by atoms with E-state index >= 15 is 0 Å². The van der Waals surface area contributed by atoms with Crippen molar-refractivity contribution in [2.75, 3.05) is 9.62 Å². The van der Waals surface area contributed by atoms with Gasteiger partial charge in [0.15, 0.2) is 0 Å². The van der Waals surface area contributed by atoms with Crippen molar-refractivity contribution >= 4 is 44.5 Å². The Balaban J connectivity index is 1.65. The molecule has 156 valence electrons. The van der Waals surface area contributed by atoms with Gasteiger partial charge in [-0.2, -0.15) is 0 Å². The third-order valence-electron chi connectivity index (χ3n) is 4.49. The first kappa shape index (κ1) is 20.7. The van der Waals surface area contributed by atoms with Crippen LogP contribution < -0.4 is 9.62 Å². The molecule has 0 unspecified atom stereocenters. The molecule has 0 aliphatic carbocycles. The normalized spacial score (nSPS) is 11.1. The average molecular weight is 451 g/mol. The highest BCUT2D eigenvalue weighted by atomic mass is 32.2. The lowest BCUT2D eigenvalue weighted by Gasteiger charge is -2.24. The van der Waals surface area contributed by atoms with E-state index in [1.807, 2.05) is 12.1 Å². The van der Waals surface area contributed by atoms with Crippen LogP contribution in [-0.4, -0.2) is 23.9 Å². The monoisotopic (exact) mass is 450 g/mol. The number of carbonyl (C=O) groups is 1. The number of aromatic nitrogens is 2. The van der Waals surface area contributed by atoms with E-state index < -0.39 is 10.0 Å². The number of hydrogen-bond donors (Lipinski definition) is 1. The Morgan fingerprint density at radius 3 is 1.90 bits per heavy atom. The minimum Gasteiger partial charge on any atom is -0.321 e. The Bertz CT molecular complexity index is 1250. The van der Waals surface area contributed by atoms with Gasteiger partial charge in [0.1, 0.15) is 4.88 Å². The number of aryl methyl sites for hydroxylation is 1. The molecule has 31 heavy (non-hydrogen) atoms. The van der Waals surface area contributed by atoms with Gasteiger partial charge in [0.2, 0.25) is 0 Å². The zero-order valence-electron chi connectivity index (χ0n) is 16.5. The Labute approximate surface area is 184 Å². The van der Waals surface area contributed by atoms with Crippen molar-refractivity contribution in [2.24, 2.45) is 0 Å². The summed E-state index contributed by atoms with van der Waals surface area (Å²) in [7, 11) is -3.90. The number of hydrogen-bond acceptors (Lipinski definition) is 6. The van der Waals surface area contributed by atoms with Crippen LogP contribution in [0, 0.1) is 6.92 Å². The smallest absolute Gasteiger partial charge is 0.269 e. The van der Waals surface area contributed by atoms with E-state index in [1.165, 1.54) is 16.4 Å². The van der Waals surface area contributed by atoms with Crippen molar-refractivity contribution in [3.8, 4) is 0 Å². The average Bonchev–Trinajstić information content (AvgIpc) is 3.22. The van der Waals surface area contributed by atoms with Crippen LogP contribution in [0.2, 0.25) is 0 Å². The Morgan fingerprint density at radius 1 is 0.871 bits per heavy atom. The molecule has 0 atom stereocenters. The van der Waals surface area contributed by atoms with E-state index in [4.69, 9.17) is 0 Å². The van der Waals surface area contributed by atoms with Gasteiger partial charge in [-0.05, 0) is 67.0 Å². The van der Waals surface area contributed by atoms with E-state index in [0.29, 0.717) is 27.6 Å². The molecule has 1 amide bonds. The predicted molar refractivity (Wildman–Crippen MR) is 121 cm³/mol. The molecule has 1 N–H and O–H groups in total. The van der Waals surface area contributed by atoms with Gasteiger partial charge in [0, 0.05) is 5.69 Å². The number of rotatable bonds is 6. The second-order valence-corrected chi connectivity index (χ2v) is 9.15. The maximum Gasteiger partial charge on any atom is 0.269 e. The van der Waals surface area contributed by atoms with Crippen LogP contribution in [0.1, 0.15) is 15.4 Å². The standard InChI is InChI=1S/C22H18N4O3S2/c1-16-21(30-25-24-16)22(27)23-17-12-14-20(15-13-17)31(28,29)26(18-8-4-2-5-9-18)19-10-6-3-7-11-19/h2-15H,1H3,(H,23,27). The molecule has 0 aliphatic rings. The highest BCUT2D eigenvalue weighted by molar-refractivity contribution is 7.93. The maximum absolute atomic E-state index is 13.5. The SMILES string of the molecule is Cc1nnsc1C(=O)Nc1ccc(S(=O)(=O)N(c2ccccc2)c2ccccc2)cc1. The fourth-order valence-electron chi connectivity index (χ4n) is 3.00. The summed E-state index contributed by atoms with van der Waals surface area (Å²) in [6.45, 7) is 1.70. The van der Waals surface area contributed by atoms with Crippen molar-refractivity contribution in [1.29, 1.82) is 0 Å². The summed E-state index contributed by atoms with van der Waals surface area (Å²) in [5.41, 5.74) is 2.07. The fourth-order valence-corrected chi connectivity index (χ4v) is 5.04. The molecule has 4 rings (SSSR count). The predicted octanol–water partition coefficient (Wildman–Crippen LogP) is 4.63. The molecule has 0 aliphatic heterocycles. The van der Waals surface area contributed by atoms with Crippen molar-refractivity contribution in [3.05, 3.63) is 95.5 Å². The molecule has 4 aromatic rings. The Morgan fingerprint density at radius 2 is 1.42 bits per heavy atom. The number of benzene rings is 3. The number of nitrogens with one attached hydrogen (secondary N) is 1. The van der Waals surface area contributed by atoms with Crippen LogP contribution in [0.4, 0.5) is 17.1 Å². The van der Waals surface area contributed by atoms with Gasteiger partial charge in [0.05, 0.1) is 22.0 Å². The summed E-state index contributed by atoms with van der Waals surface area (Å²) in [5.74, 6) is -0.335. The molecule has 1 aromatic heterocycles. The summed E-state index contributed by atoms with van der Waals surface area (Å²) >= 11 is 1.01. The second-order valence-electron chi connectivity index (χ2n) is 6.61. The number of nitrogens with zero attached hydrogens (tertiary/aromatic N) is 3. The fraction of sp³-hybridized carbons (Fsp3) is 0.0455. The van der Waals surface area contributed by atoms with E-state index in [0.717, 1.165) is 11.5 Å². The topological polar surface area (TPSA) is 92.3 Å². The van der Waals surface area contributed by atoms with Crippen molar-refractivity contribution in [1.82, 2.24) is 9.59 Å². The molecule has 0 saturated heterocycles. The first-order chi connectivity index (χ1) is 15.0. The summed E-state index contributed by atoms with van der Waals surface area (Å²) in [6.07, 6.45) is 0. The van der Waals surface area contributed by atoms with E-state index in [-0.39, 0.29) is 10.8 Å². The summed E-state index contributed by atoms with van der Waals surface area (Å²) in [5, 5.41) is 6.57. The van der Waals surface area contributed by atoms with E-state index in [9.17, 15) is 13.2 Å². The van der Waals surface area contributed by atoms with E-state index in [1.54, 1.807) is 67.6 Å². The van der Waals surface area contributed by atoms with Crippen molar-refractivity contribution in [2.45, 2.75) is 11.8 Å². The summed E-state index contributed by atoms with van der Waals surface area (Å²) < 4.78 is 32.1. The van der Waals surface area contributed by atoms with Crippen LogP contribution in [0.25, 0.3) is 0 Å². The zero-order chi connectivity index (χ0) is 21.8. The lowest BCUT2D eigenvalue weighted by molar-refractivity contribution is 0.103. The first-order valence-electron chi connectivity index (χ1n) is 9.32.